The minimum absolute atomic E-state index is 0.0314. The van der Waals surface area contributed by atoms with Gasteiger partial charge in [-0.15, -0.1) is 0 Å². The standard InChI is InChI=1S/C13H25N5O2/c1-16(2)6-4-7-17(9-10-20-3)13(19)11-18-8-5-12(14)15-18/h5,8H,4,6-7,9-11H2,1-3H3,(H2,14,15). The van der Waals surface area contributed by atoms with E-state index in [9.17, 15) is 4.79 Å². The minimum atomic E-state index is 0.0314. The van der Waals surface area contributed by atoms with E-state index in [4.69, 9.17) is 10.5 Å². The van der Waals surface area contributed by atoms with Gasteiger partial charge in [-0.1, -0.05) is 0 Å². The molecule has 0 aliphatic heterocycles. The number of amides is 1. The zero-order valence-electron chi connectivity index (χ0n) is 12.6. The molecule has 7 nitrogen and oxygen atoms in total. The van der Waals surface area contributed by atoms with Crippen LogP contribution in [0.2, 0.25) is 0 Å². The predicted molar refractivity (Wildman–Crippen MR) is 78.3 cm³/mol. The number of carbonyl (C=O) groups excluding carboxylic acids is 1. The normalized spacial score (nSPS) is 11.0. The molecule has 1 amide bonds. The first-order valence-corrected chi connectivity index (χ1v) is 6.73. The average molecular weight is 283 g/mol. The van der Waals surface area contributed by atoms with E-state index in [1.54, 1.807) is 24.1 Å². The number of hydrogen-bond donors (Lipinski definition) is 1. The Hall–Kier alpha value is -1.60. The van der Waals surface area contributed by atoms with E-state index in [1.807, 2.05) is 19.0 Å². The second kappa shape index (κ2) is 8.55. The number of rotatable bonds is 9. The molecule has 1 heterocycles. The lowest BCUT2D eigenvalue weighted by Gasteiger charge is -2.23. The summed E-state index contributed by atoms with van der Waals surface area (Å²) in [5.74, 6) is 0.456. The van der Waals surface area contributed by atoms with Crippen LogP contribution in [0.1, 0.15) is 6.42 Å². The molecule has 20 heavy (non-hydrogen) atoms. The molecule has 0 aliphatic carbocycles. The van der Waals surface area contributed by atoms with E-state index in [0.29, 0.717) is 19.0 Å². The molecule has 0 saturated carbocycles. The Bertz CT molecular complexity index is 405. The molecule has 0 aromatic carbocycles. The number of anilines is 1. The molecule has 1 rings (SSSR count). The lowest BCUT2D eigenvalue weighted by molar-refractivity contribution is -0.132. The van der Waals surface area contributed by atoms with E-state index in [1.165, 1.54) is 0 Å². The van der Waals surface area contributed by atoms with Crippen LogP contribution in [0.3, 0.4) is 0 Å². The second-order valence-electron chi connectivity index (χ2n) is 4.97. The molecule has 0 aliphatic rings. The Morgan fingerprint density at radius 3 is 2.70 bits per heavy atom. The third-order valence-electron chi connectivity index (χ3n) is 2.91. The van der Waals surface area contributed by atoms with Gasteiger partial charge in [0.1, 0.15) is 12.4 Å². The molecular weight excluding hydrogens is 258 g/mol. The molecule has 2 N–H and O–H groups in total. The van der Waals surface area contributed by atoms with Gasteiger partial charge in [0.25, 0.3) is 0 Å². The number of ether oxygens (including phenoxy) is 1. The van der Waals surface area contributed by atoms with Crippen LogP contribution in [0, 0.1) is 0 Å². The van der Waals surface area contributed by atoms with Crippen LogP contribution in [0.4, 0.5) is 5.82 Å². The molecule has 0 spiro atoms. The average Bonchev–Trinajstić information content (AvgIpc) is 2.78. The van der Waals surface area contributed by atoms with Gasteiger partial charge in [0.15, 0.2) is 0 Å². The summed E-state index contributed by atoms with van der Waals surface area (Å²) in [7, 11) is 5.68. The van der Waals surface area contributed by atoms with Crippen LogP contribution in [0.15, 0.2) is 12.3 Å². The zero-order valence-corrected chi connectivity index (χ0v) is 12.6. The van der Waals surface area contributed by atoms with Gasteiger partial charge < -0.3 is 20.3 Å². The lowest BCUT2D eigenvalue weighted by Crippen LogP contribution is -2.38. The molecule has 7 heteroatoms. The third-order valence-corrected chi connectivity index (χ3v) is 2.91. The van der Waals surface area contributed by atoms with E-state index in [0.717, 1.165) is 19.5 Å². The number of nitrogens with two attached hydrogens (primary N) is 1. The Kier molecular flexibility index (Phi) is 7.03. The highest BCUT2D eigenvalue weighted by atomic mass is 16.5. The molecule has 0 saturated heterocycles. The number of nitrogens with zero attached hydrogens (tertiary/aromatic N) is 4. The Balaban J connectivity index is 2.49. The van der Waals surface area contributed by atoms with Crippen LogP contribution < -0.4 is 5.73 Å². The van der Waals surface area contributed by atoms with Gasteiger partial charge in [0.2, 0.25) is 5.91 Å². The van der Waals surface area contributed by atoms with Crippen molar-refractivity contribution in [2.75, 3.05) is 53.2 Å². The minimum Gasteiger partial charge on any atom is -0.383 e. The van der Waals surface area contributed by atoms with Crippen LogP contribution >= 0.6 is 0 Å². The Morgan fingerprint density at radius 2 is 2.15 bits per heavy atom. The van der Waals surface area contributed by atoms with Crippen LogP contribution in [0.25, 0.3) is 0 Å². The van der Waals surface area contributed by atoms with Gasteiger partial charge in [-0.3, -0.25) is 9.48 Å². The summed E-state index contributed by atoms with van der Waals surface area (Å²) in [5.41, 5.74) is 5.54. The first-order chi connectivity index (χ1) is 9.52. The predicted octanol–water partition coefficient (Wildman–Crippen LogP) is -0.108. The van der Waals surface area contributed by atoms with Crippen molar-refractivity contribution in [3.8, 4) is 0 Å². The Labute approximate surface area is 120 Å². The van der Waals surface area contributed by atoms with Gasteiger partial charge >= 0.3 is 0 Å². The van der Waals surface area contributed by atoms with E-state index in [2.05, 4.69) is 10.00 Å². The summed E-state index contributed by atoms with van der Waals surface area (Å²) in [4.78, 5) is 16.2. The highest BCUT2D eigenvalue weighted by Crippen LogP contribution is 2.00. The maximum atomic E-state index is 12.3. The molecule has 0 fully saturated rings. The molecule has 1 aromatic heterocycles. The van der Waals surface area contributed by atoms with Crippen LogP contribution in [0.5, 0.6) is 0 Å². The van der Waals surface area contributed by atoms with Crippen molar-refractivity contribution in [2.45, 2.75) is 13.0 Å². The van der Waals surface area contributed by atoms with E-state index >= 15 is 0 Å². The monoisotopic (exact) mass is 283 g/mol. The molecule has 0 unspecified atom stereocenters. The number of carbonyl (C=O) groups is 1. The highest BCUT2D eigenvalue weighted by Gasteiger charge is 2.14. The zero-order chi connectivity index (χ0) is 15.0. The van der Waals surface area contributed by atoms with Gasteiger partial charge in [0.05, 0.1) is 6.61 Å². The topological polar surface area (TPSA) is 76.6 Å². The van der Waals surface area contributed by atoms with Crippen molar-refractivity contribution >= 4 is 11.7 Å². The van der Waals surface area contributed by atoms with Gasteiger partial charge in [0, 0.05) is 26.4 Å². The highest BCUT2D eigenvalue weighted by molar-refractivity contribution is 5.75. The molecule has 114 valence electrons. The van der Waals surface area contributed by atoms with Crippen molar-refractivity contribution in [1.82, 2.24) is 19.6 Å². The molecule has 0 radical (unpaired) electrons. The second-order valence-corrected chi connectivity index (χ2v) is 4.97. The summed E-state index contributed by atoms with van der Waals surface area (Å²) in [5, 5.41) is 4.03. The van der Waals surface area contributed by atoms with Gasteiger partial charge in [-0.05, 0) is 33.1 Å². The SMILES string of the molecule is COCCN(CCCN(C)C)C(=O)Cn1ccc(N)n1. The maximum Gasteiger partial charge on any atom is 0.244 e. The quantitative estimate of drug-likeness (QED) is 0.684. The lowest BCUT2D eigenvalue weighted by atomic mass is 10.3. The summed E-state index contributed by atoms with van der Waals surface area (Å²) in [6.45, 7) is 3.01. The van der Waals surface area contributed by atoms with Gasteiger partial charge in [-0.25, -0.2) is 0 Å². The van der Waals surface area contributed by atoms with Crippen molar-refractivity contribution in [3.05, 3.63) is 12.3 Å². The fourth-order valence-corrected chi connectivity index (χ4v) is 1.84. The fourth-order valence-electron chi connectivity index (χ4n) is 1.84. The first kappa shape index (κ1) is 16.5. The summed E-state index contributed by atoms with van der Waals surface area (Å²) < 4.78 is 6.62. The van der Waals surface area contributed by atoms with E-state index < -0.39 is 0 Å². The van der Waals surface area contributed by atoms with Gasteiger partial charge in [-0.2, -0.15) is 5.10 Å². The summed E-state index contributed by atoms with van der Waals surface area (Å²) >= 11 is 0. The summed E-state index contributed by atoms with van der Waals surface area (Å²) in [6, 6.07) is 1.68. The molecule has 0 atom stereocenters. The summed E-state index contributed by atoms with van der Waals surface area (Å²) in [6.07, 6.45) is 2.64. The molecule has 1 aromatic rings. The first-order valence-electron chi connectivity index (χ1n) is 6.73. The smallest absolute Gasteiger partial charge is 0.244 e. The molecular formula is C13H25N5O2. The largest absolute Gasteiger partial charge is 0.383 e. The number of methoxy groups -OCH3 is 1. The maximum absolute atomic E-state index is 12.3. The van der Waals surface area contributed by atoms with Crippen molar-refractivity contribution in [1.29, 1.82) is 0 Å². The van der Waals surface area contributed by atoms with Crippen LogP contribution in [-0.2, 0) is 16.1 Å². The number of hydrogen-bond acceptors (Lipinski definition) is 5. The van der Waals surface area contributed by atoms with Crippen LogP contribution in [-0.4, -0.2) is 72.9 Å². The Morgan fingerprint density at radius 1 is 1.40 bits per heavy atom. The number of aromatic nitrogens is 2. The van der Waals surface area contributed by atoms with Crippen molar-refractivity contribution in [3.63, 3.8) is 0 Å². The van der Waals surface area contributed by atoms with Crippen molar-refractivity contribution in [2.24, 2.45) is 0 Å². The number of nitrogen functional groups attached to an aromatic ring is 1. The fraction of sp³-hybridized carbons (Fsp3) is 0.692. The van der Waals surface area contributed by atoms with E-state index in [-0.39, 0.29) is 12.5 Å². The molecule has 0 bridgehead atoms. The third kappa shape index (κ3) is 6.03. The van der Waals surface area contributed by atoms with Crippen molar-refractivity contribution < 1.29 is 9.53 Å².